The van der Waals surface area contributed by atoms with Crippen LogP contribution in [0.1, 0.15) is 33.6 Å². The van der Waals surface area contributed by atoms with E-state index in [-0.39, 0.29) is 28.6 Å². The number of amides is 1. The van der Waals surface area contributed by atoms with Gasteiger partial charge in [-0.15, -0.1) is 0 Å². The molecule has 0 radical (unpaired) electrons. The lowest BCUT2D eigenvalue weighted by Gasteiger charge is -2.10. The van der Waals surface area contributed by atoms with Gasteiger partial charge in [-0.05, 0) is 43.2 Å². The van der Waals surface area contributed by atoms with Crippen LogP contribution in [0, 0.1) is 0 Å². The largest absolute Gasteiger partial charge is 0.423 e. The average molecular weight is 461 g/mol. The molecule has 1 aliphatic rings. The molecule has 172 valence electrons. The van der Waals surface area contributed by atoms with Gasteiger partial charge in [-0.25, -0.2) is 14.4 Å². The van der Waals surface area contributed by atoms with E-state index in [9.17, 15) is 19.2 Å². The minimum atomic E-state index is -0.911. The van der Waals surface area contributed by atoms with Gasteiger partial charge in [-0.3, -0.25) is 4.79 Å². The van der Waals surface area contributed by atoms with Gasteiger partial charge in [0.2, 0.25) is 0 Å². The van der Waals surface area contributed by atoms with Gasteiger partial charge in [-0.2, -0.15) is 0 Å². The Hall–Kier alpha value is -4.24. The topological polar surface area (TPSA) is 125 Å². The number of benzene rings is 2. The van der Waals surface area contributed by atoms with Crippen molar-refractivity contribution < 1.29 is 27.9 Å². The fourth-order valence-corrected chi connectivity index (χ4v) is 3.79. The van der Waals surface area contributed by atoms with Gasteiger partial charge in [-0.1, -0.05) is 18.2 Å². The summed E-state index contributed by atoms with van der Waals surface area (Å²) in [4.78, 5) is 49.6. The van der Waals surface area contributed by atoms with Crippen molar-refractivity contribution >= 4 is 33.8 Å². The first-order valence-corrected chi connectivity index (χ1v) is 10.7. The van der Waals surface area contributed by atoms with Gasteiger partial charge in [0, 0.05) is 30.0 Å². The summed E-state index contributed by atoms with van der Waals surface area (Å²) in [6, 6.07) is 13.9. The third-order valence-electron chi connectivity index (χ3n) is 5.54. The summed E-state index contributed by atoms with van der Waals surface area (Å²) in [6.07, 6.45) is 1.74. The monoisotopic (exact) mass is 461 g/mol. The zero-order valence-corrected chi connectivity index (χ0v) is 17.9. The molecule has 1 atom stereocenters. The first-order valence-electron chi connectivity index (χ1n) is 10.7. The van der Waals surface area contributed by atoms with E-state index in [1.54, 1.807) is 30.3 Å². The van der Waals surface area contributed by atoms with Crippen LogP contribution in [0.5, 0.6) is 5.75 Å². The summed E-state index contributed by atoms with van der Waals surface area (Å²) in [6.45, 7) is 0.977. The highest BCUT2D eigenvalue weighted by Crippen LogP contribution is 2.22. The maximum atomic E-state index is 12.6. The molecular formula is C25H19NO8. The van der Waals surface area contributed by atoms with E-state index in [1.165, 1.54) is 24.3 Å². The van der Waals surface area contributed by atoms with Crippen molar-refractivity contribution in [3.8, 4) is 5.75 Å². The summed E-state index contributed by atoms with van der Waals surface area (Å²) in [5, 5.41) is 3.73. The highest BCUT2D eigenvalue weighted by molar-refractivity contribution is 5.97. The molecule has 4 aromatic rings. The van der Waals surface area contributed by atoms with Crippen molar-refractivity contribution in [1.82, 2.24) is 5.32 Å². The quantitative estimate of drug-likeness (QED) is 0.273. The molecule has 34 heavy (non-hydrogen) atoms. The van der Waals surface area contributed by atoms with Crippen LogP contribution in [0.25, 0.3) is 21.9 Å². The van der Waals surface area contributed by atoms with Gasteiger partial charge in [0.25, 0.3) is 5.91 Å². The van der Waals surface area contributed by atoms with Gasteiger partial charge in [0.1, 0.15) is 28.0 Å². The summed E-state index contributed by atoms with van der Waals surface area (Å²) in [5.74, 6) is -1.40. The molecular weight excluding hydrogens is 442 g/mol. The third kappa shape index (κ3) is 4.33. The van der Waals surface area contributed by atoms with Crippen LogP contribution in [-0.4, -0.2) is 31.1 Å². The predicted molar refractivity (Wildman–Crippen MR) is 121 cm³/mol. The number of carbonyl (C=O) groups is 2. The van der Waals surface area contributed by atoms with Crippen LogP contribution in [0.15, 0.2) is 73.0 Å². The minimum absolute atomic E-state index is 0.0567. The summed E-state index contributed by atoms with van der Waals surface area (Å²) in [5.41, 5.74) is -1.57. The highest BCUT2D eigenvalue weighted by atomic mass is 16.5. The van der Waals surface area contributed by atoms with E-state index >= 15 is 0 Å². The van der Waals surface area contributed by atoms with Gasteiger partial charge >= 0.3 is 17.2 Å². The summed E-state index contributed by atoms with van der Waals surface area (Å²) < 4.78 is 21.2. The fourth-order valence-electron chi connectivity index (χ4n) is 3.79. The molecule has 1 N–H and O–H groups in total. The Morgan fingerprint density at radius 2 is 1.65 bits per heavy atom. The van der Waals surface area contributed by atoms with E-state index < -0.39 is 23.1 Å². The molecule has 0 saturated carbocycles. The lowest BCUT2D eigenvalue weighted by molar-refractivity contribution is 0.0730. The molecule has 1 fully saturated rings. The zero-order valence-electron chi connectivity index (χ0n) is 17.9. The molecule has 0 bridgehead atoms. The second kappa shape index (κ2) is 8.95. The number of fused-ring (bicyclic) bond motifs is 2. The Morgan fingerprint density at radius 1 is 0.912 bits per heavy atom. The van der Waals surface area contributed by atoms with E-state index in [0.717, 1.165) is 12.8 Å². The van der Waals surface area contributed by atoms with Gasteiger partial charge in [0.05, 0.1) is 6.10 Å². The predicted octanol–water partition coefficient (Wildman–Crippen LogP) is 3.03. The first kappa shape index (κ1) is 21.6. The second-order valence-electron chi connectivity index (χ2n) is 7.87. The second-order valence-corrected chi connectivity index (χ2v) is 7.87. The number of esters is 1. The number of carbonyl (C=O) groups excluding carboxylic acids is 2. The molecule has 1 amide bonds. The Morgan fingerprint density at radius 3 is 2.47 bits per heavy atom. The molecule has 0 aliphatic carbocycles. The summed E-state index contributed by atoms with van der Waals surface area (Å²) >= 11 is 0. The molecule has 1 aliphatic heterocycles. The van der Waals surface area contributed by atoms with E-state index in [4.69, 9.17) is 18.3 Å². The van der Waals surface area contributed by atoms with Gasteiger partial charge < -0.3 is 23.6 Å². The Bertz CT molecular complexity index is 1530. The van der Waals surface area contributed by atoms with Crippen LogP contribution >= 0.6 is 0 Å². The Labute approximate surface area is 191 Å². The number of rotatable bonds is 5. The molecule has 9 nitrogen and oxygen atoms in total. The fraction of sp³-hybridized carbons (Fsp3) is 0.200. The zero-order chi connectivity index (χ0) is 23.7. The highest BCUT2D eigenvalue weighted by Gasteiger charge is 2.20. The van der Waals surface area contributed by atoms with E-state index in [2.05, 4.69) is 5.32 Å². The smallest absolute Gasteiger partial charge is 0.351 e. The van der Waals surface area contributed by atoms with Crippen LogP contribution < -0.4 is 21.3 Å². The number of nitrogens with one attached hydrogen (secondary N) is 1. The number of ether oxygens (including phenoxy) is 2. The van der Waals surface area contributed by atoms with Crippen molar-refractivity contribution in [3.05, 3.63) is 86.6 Å². The molecule has 1 saturated heterocycles. The Balaban J connectivity index is 1.36. The van der Waals surface area contributed by atoms with Crippen molar-refractivity contribution in [3.63, 3.8) is 0 Å². The SMILES string of the molecule is O=C(NCC1CCCO1)c1cc2ccc(OC(=O)c3cc4ccccc4oc3=O)cc2oc1=O. The lowest BCUT2D eigenvalue weighted by atomic mass is 10.1. The normalized spacial score (nSPS) is 15.5. The first-order chi connectivity index (χ1) is 16.5. The maximum Gasteiger partial charge on any atom is 0.351 e. The molecule has 5 rings (SSSR count). The summed E-state index contributed by atoms with van der Waals surface area (Å²) in [7, 11) is 0. The minimum Gasteiger partial charge on any atom is -0.423 e. The van der Waals surface area contributed by atoms with E-state index in [0.29, 0.717) is 29.5 Å². The Kier molecular flexibility index (Phi) is 5.69. The van der Waals surface area contributed by atoms with Crippen LogP contribution in [0.2, 0.25) is 0 Å². The third-order valence-corrected chi connectivity index (χ3v) is 5.54. The van der Waals surface area contributed by atoms with E-state index in [1.807, 2.05) is 0 Å². The van der Waals surface area contributed by atoms with Crippen molar-refractivity contribution in [2.24, 2.45) is 0 Å². The molecule has 2 aromatic carbocycles. The van der Waals surface area contributed by atoms with Crippen LogP contribution in [0.4, 0.5) is 0 Å². The van der Waals surface area contributed by atoms with Crippen molar-refractivity contribution in [1.29, 1.82) is 0 Å². The molecule has 2 aromatic heterocycles. The lowest BCUT2D eigenvalue weighted by Crippen LogP contribution is -2.34. The maximum absolute atomic E-state index is 12.6. The molecule has 3 heterocycles. The van der Waals surface area contributed by atoms with Gasteiger partial charge in [0.15, 0.2) is 0 Å². The average Bonchev–Trinajstić information content (AvgIpc) is 3.35. The molecule has 0 spiro atoms. The molecule has 9 heteroatoms. The van der Waals surface area contributed by atoms with Crippen molar-refractivity contribution in [2.45, 2.75) is 18.9 Å². The number of hydrogen-bond acceptors (Lipinski definition) is 8. The standard InChI is InChI=1S/C25H19NO8/c27-22(26-13-17-5-3-9-31-17)18-10-15-7-8-16(12-21(15)34-23(18)28)32-24(29)19-11-14-4-1-2-6-20(14)33-25(19)30/h1-2,4,6-8,10-12,17H,3,5,9,13H2,(H,26,27). The van der Waals surface area contributed by atoms with Crippen LogP contribution in [0.3, 0.4) is 0 Å². The van der Waals surface area contributed by atoms with Crippen LogP contribution in [-0.2, 0) is 4.74 Å². The number of hydrogen-bond donors (Lipinski definition) is 1. The van der Waals surface area contributed by atoms with Crippen molar-refractivity contribution in [2.75, 3.05) is 13.2 Å². The number of para-hydroxylation sites is 1. The molecule has 1 unspecified atom stereocenters.